The lowest BCUT2D eigenvalue weighted by Gasteiger charge is -2.23. The Kier molecular flexibility index (Phi) is 5.52. The van der Waals surface area contributed by atoms with E-state index in [1.807, 2.05) is 6.92 Å². The molecule has 1 aliphatic carbocycles. The van der Waals surface area contributed by atoms with E-state index in [0.29, 0.717) is 27.2 Å². The zero-order valence-electron chi connectivity index (χ0n) is 12.9. The topological polar surface area (TPSA) is 49.4 Å². The zero-order chi connectivity index (χ0) is 15.8. The van der Waals surface area contributed by atoms with E-state index in [1.165, 1.54) is 15.6 Å². The first-order valence-electron chi connectivity index (χ1n) is 7.23. The third kappa shape index (κ3) is 4.07. The van der Waals surface area contributed by atoms with Gasteiger partial charge >= 0.3 is 0 Å². The van der Waals surface area contributed by atoms with Crippen molar-refractivity contribution in [2.45, 2.75) is 57.1 Å². The maximum Gasteiger partial charge on any atom is 0.245 e. The van der Waals surface area contributed by atoms with Crippen LogP contribution in [-0.2, 0) is 16.6 Å². The highest BCUT2D eigenvalue weighted by atomic mass is 79.9. The Bertz CT molecular complexity index is 594. The minimum Gasteiger partial charge on any atom is -0.310 e. The fourth-order valence-electron chi connectivity index (χ4n) is 2.22. The van der Waals surface area contributed by atoms with Gasteiger partial charge in [0, 0.05) is 30.6 Å². The third-order valence-corrected chi connectivity index (χ3v) is 8.12. The lowest BCUT2D eigenvalue weighted by Crippen LogP contribution is -2.36. The summed E-state index contributed by atoms with van der Waals surface area (Å²) in [5.74, 6) is 0.518. The van der Waals surface area contributed by atoms with Crippen molar-refractivity contribution < 1.29 is 8.42 Å². The van der Waals surface area contributed by atoms with Gasteiger partial charge in [0.25, 0.3) is 0 Å². The Balaban J connectivity index is 2.19. The lowest BCUT2D eigenvalue weighted by molar-refractivity contribution is 0.357. The summed E-state index contributed by atoms with van der Waals surface area (Å²) in [6, 6.07) is 2.23. The van der Waals surface area contributed by atoms with E-state index >= 15 is 0 Å². The maximum absolute atomic E-state index is 12.8. The van der Waals surface area contributed by atoms with E-state index in [2.05, 4.69) is 35.1 Å². The van der Waals surface area contributed by atoms with Crippen LogP contribution in [0.3, 0.4) is 0 Å². The van der Waals surface area contributed by atoms with Crippen LogP contribution in [0, 0.1) is 5.92 Å². The van der Waals surface area contributed by atoms with Gasteiger partial charge in [0.15, 0.2) is 0 Å². The average Bonchev–Trinajstić information content (AvgIpc) is 3.18. The smallest absolute Gasteiger partial charge is 0.245 e. The first-order chi connectivity index (χ1) is 9.73. The molecule has 0 bridgehead atoms. The summed E-state index contributed by atoms with van der Waals surface area (Å²) in [6.45, 7) is 6.84. The molecular weight excluding hydrogens is 372 g/mol. The summed E-state index contributed by atoms with van der Waals surface area (Å²) < 4.78 is 27.7. The molecule has 4 nitrogen and oxygen atoms in total. The van der Waals surface area contributed by atoms with Crippen molar-refractivity contribution in [1.29, 1.82) is 0 Å². The van der Waals surface area contributed by atoms with E-state index in [4.69, 9.17) is 0 Å². The number of nitrogens with zero attached hydrogens (tertiary/aromatic N) is 1. The van der Waals surface area contributed by atoms with E-state index in [-0.39, 0.29) is 6.04 Å². The highest BCUT2D eigenvalue weighted by Gasteiger charge is 2.37. The lowest BCUT2D eigenvalue weighted by atomic mass is 10.2. The van der Waals surface area contributed by atoms with Crippen molar-refractivity contribution in [3.8, 4) is 0 Å². The fourth-order valence-corrected chi connectivity index (χ4v) is 6.22. The van der Waals surface area contributed by atoms with Crippen LogP contribution in [0.5, 0.6) is 0 Å². The molecule has 0 radical (unpaired) electrons. The van der Waals surface area contributed by atoms with Crippen LogP contribution in [0.2, 0.25) is 0 Å². The van der Waals surface area contributed by atoms with Gasteiger partial charge < -0.3 is 5.32 Å². The molecule has 1 saturated carbocycles. The van der Waals surface area contributed by atoms with Crippen LogP contribution in [0.4, 0.5) is 0 Å². The first-order valence-corrected chi connectivity index (χ1v) is 10.3. The van der Waals surface area contributed by atoms with Crippen molar-refractivity contribution in [3.05, 3.63) is 14.7 Å². The second kappa shape index (κ2) is 6.66. The monoisotopic (exact) mass is 394 g/mol. The van der Waals surface area contributed by atoms with Gasteiger partial charge in [-0.3, -0.25) is 0 Å². The maximum atomic E-state index is 12.8. The normalized spacial score (nSPS) is 17.7. The second-order valence-electron chi connectivity index (χ2n) is 5.99. The molecule has 120 valence electrons. The van der Waals surface area contributed by atoms with Gasteiger partial charge in [-0.2, -0.15) is 4.31 Å². The van der Waals surface area contributed by atoms with E-state index < -0.39 is 10.0 Å². The van der Waals surface area contributed by atoms with Crippen molar-refractivity contribution in [3.63, 3.8) is 0 Å². The molecule has 7 heteroatoms. The third-order valence-electron chi connectivity index (χ3n) is 3.93. The number of rotatable bonds is 7. The predicted molar refractivity (Wildman–Crippen MR) is 91.1 cm³/mol. The minimum atomic E-state index is -3.42. The summed E-state index contributed by atoms with van der Waals surface area (Å²) in [6.07, 6.45) is 2.27. The minimum absolute atomic E-state index is 0.0686. The Morgan fingerprint density at radius 1 is 1.43 bits per heavy atom. The largest absolute Gasteiger partial charge is 0.310 e. The molecule has 21 heavy (non-hydrogen) atoms. The van der Waals surface area contributed by atoms with E-state index in [1.54, 1.807) is 13.1 Å². The van der Waals surface area contributed by atoms with Gasteiger partial charge in [0.2, 0.25) is 10.0 Å². The molecule has 1 unspecified atom stereocenters. The zero-order valence-corrected chi connectivity index (χ0v) is 16.1. The molecule has 1 aromatic heterocycles. The van der Waals surface area contributed by atoms with Crippen molar-refractivity contribution >= 4 is 37.3 Å². The van der Waals surface area contributed by atoms with Crippen LogP contribution >= 0.6 is 27.3 Å². The molecule has 0 aromatic carbocycles. The van der Waals surface area contributed by atoms with Gasteiger partial charge in [-0.1, -0.05) is 13.8 Å². The Labute approximate surface area is 140 Å². The Morgan fingerprint density at radius 3 is 2.57 bits per heavy atom. The number of halogens is 1. The molecular formula is C14H23BrN2O2S2. The molecule has 0 spiro atoms. The van der Waals surface area contributed by atoms with E-state index in [9.17, 15) is 8.42 Å². The van der Waals surface area contributed by atoms with Crippen LogP contribution in [0.25, 0.3) is 0 Å². The van der Waals surface area contributed by atoms with Gasteiger partial charge in [-0.05, 0) is 47.7 Å². The van der Waals surface area contributed by atoms with Crippen molar-refractivity contribution in [1.82, 2.24) is 9.62 Å². The van der Waals surface area contributed by atoms with Crippen LogP contribution in [-0.4, -0.2) is 31.9 Å². The molecule has 0 amide bonds. The molecule has 1 fully saturated rings. The van der Waals surface area contributed by atoms with Crippen LogP contribution in [0.1, 0.15) is 38.5 Å². The number of sulfonamides is 1. The summed E-state index contributed by atoms with van der Waals surface area (Å²) in [4.78, 5) is 1.42. The first kappa shape index (κ1) is 17.4. The SMILES string of the molecule is CC(C)NCc1cc(S(=O)(=O)N(C)C(C)C2CC2)c(Br)s1. The highest BCUT2D eigenvalue weighted by Crippen LogP contribution is 2.39. The number of nitrogens with one attached hydrogen (secondary N) is 1. The fraction of sp³-hybridized carbons (Fsp3) is 0.714. The molecule has 1 aliphatic rings. The summed E-state index contributed by atoms with van der Waals surface area (Å²) >= 11 is 4.90. The molecule has 2 rings (SSSR count). The average molecular weight is 395 g/mol. The van der Waals surface area contributed by atoms with Gasteiger partial charge in [0.1, 0.15) is 4.90 Å². The molecule has 1 atom stereocenters. The molecule has 0 aliphatic heterocycles. The highest BCUT2D eigenvalue weighted by molar-refractivity contribution is 9.11. The molecule has 1 aromatic rings. The number of hydrogen-bond acceptors (Lipinski definition) is 4. The predicted octanol–water partition coefficient (Wildman–Crippen LogP) is 3.43. The summed E-state index contributed by atoms with van der Waals surface area (Å²) in [7, 11) is -1.73. The van der Waals surface area contributed by atoms with Gasteiger partial charge in [-0.15, -0.1) is 11.3 Å². The Hall–Kier alpha value is 0.0500. The Morgan fingerprint density at radius 2 is 2.05 bits per heavy atom. The van der Waals surface area contributed by atoms with Crippen LogP contribution < -0.4 is 5.32 Å². The van der Waals surface area contributed by atoms with Crippen molar-refractivity contribution in [2.24, 2.45) is 5.92 Å². The summed E-state index contributed by atoms with van der Waals surface area (Å²) in [5, 5.41) is 3.32. The van der Waals surface area contributed by atoms with Crippen molar-refractivity contribution in [2.75, 3.05) is 7.05 Å². The molecule has 0 saturated heterocycles. The molecule has 1 N–H and O–H groups in total. The molecule has 1 heterocycles. The van der Waals surface area contributed by atoms with Gasteiger partial charge in [0.05, 0.1) is 3.79 Å². The standard InChI is InChI=1S/C14H23BrN2O2S2/c1-9(2)16-8-12-7-13(14(15)20-12)21(18,19)17(4)10(3)11-5-6-11/h7,9-11,16H,5-6,8H2,1-4H3. The quantitative estimate of drug-likeness (QED) is 0.770. The number of thiophene rings is 1. The number of hydrogen-bond donors (Lipinski definition) is 1. The van der Waals surface area contributed by atoms with E-state index in [0.717, 1.165) is 17.7 Å². The second-order valence-corrected chi connectivity index (χ2v) is 10.4. The van der Waals surface area contributed by atoms with Gasteiger partial charge in [-0.25, -0.2) is 8.42 Å². The van der Waals surface area contributed by atoms with Crippen LogP contribution in [0.15, 0.2) is 14.7 Å². The summed E-state index contributed by atoms with van der Waals surface area (Å²) in [5.41, 5.74) is 0.